The summed E-state index contributed by atoms with van der Waals surface area (Å²) in [6, 6.07) is 21.3. The van der Waals surface area contributed by atoms with Crippen LogP contribution in [0.4, 0.5) is 0 Å². The molecule has 1 amide bonds. The number of methoxy groups -OCH3 is 2. The van der Waals surface area contributed by atoms with Gasteiger partial charge in [-0.3, -0.25) is 9.59 Å². The van der Waals surface area contributed by atoms with Crippen molar-refractivity contribution in [1.29, 1.82) is 0 Å². The first-order valence-corrected chi connectivity index (χ1v) is 11.5. The summed E-state index contributed by atoms with van der Waals surface area (Å²) >= 11 is 3.43. The number of aliphatic hydroxyl groups excluding tert-OH is 1. The van der Waals surface area contributed by atoms with Gasteiger partial charge in [-0.1, -0.05) is 58.4 Å². The van der Waals surface area contributed by atoms with E-state index in [2.05, 4.69) is 15.9 Å². The van der Waals surface area contributed by atoms with Crippen molar-refractivity contribution in [2.45, 2.75) is 12.5 Å². The van der Waals surface area contributed by atoms with Gasteiger partial charge in [0.25, 0.3) is 11.7 Å². The Labute approximate surface area is 206 Å². The first-order valence-electron chi connectivity index (χ1n) is 10.7. The van der Waals surface area contributed by atoms with Crippen LogP contribution in [0, 0.1) is 0 Å². The monoisotopic (exact) mass is 521 g/mol. The maximum atomic E-state index is 13.2. The second-order valence-corrected chi connectivity index (χ2v) is 8.77. The Morgan fingerprint density at radius 2 is 1.62 bits per heavy atom. The fourth-order valence-electron chi connectivity index (χ4n) is 4.14. The average Bonchev–Trinajstić information content (AvgIpc) is 3.12. The summed E-state index contributed by atoms with van der Waals surface area (Å²) in [5.74, 6) is -0.703. The third-order valence-corrected chi connectivity index (χ3v) is 6.40. The molecule has 0 aromatic heterocycles. The zero-order valence-corrected chi connectivity index (χ0v) is 20.4. The number of carbonyl (C=O) groups excluding carboxylic acids is 2. The summed E-state index contributed by atoms with van der Waals surface area (Å²) in [7, 11) is 3.01. The Hall–Kier alpha value is -3.58. The van der Waals surface area contributed by atoms with E-state index in [4.69, 9.17) is 9.47 Å². The first kappa shape index (κ1) is 23.6. The van der Waals surface area contributed by atoms with Gasteiger partial charge in [0.2, 0.25) is 0 Å². The van der Waals surface area contributed by atoms with E-state index in [9.17, 15) is 14.7 Å². The number of rotatable bonds is 7. The Morgan fingerprint density at radius 1 is 0.941 bits per heavy atom. The molecule has 6 nitrogen and oxygen atoms in total. The lowest BCUT2D eigenvalue weighted by Crippen LogP contribution is -2.31. The number of halogens is 1. The van der Waals surface area contributed by atoms with Crippen LogP contribution in [-0.4, -0.2) is 42.5 Å². The van der Waals surface area contributed by atoms with Gasteiger partial charge in [-0.15, -0.1) is 0 Å². The van der Waals surface area contributed by atoms with Crippen LogP contribution in [0.3, 0.4) is 0 Å². The molecule has 0 spiro atoms. The molecular formula is C27H24BrNO5. The van der Waals surface area contributed by atoms with Crippen LogP contribution in [0.5, 0.6) is 11.5 Å². The molecule has 3 aromatic carbocycles. The molecule has 0 aliphatic carbocycles. The van der Waals surface area contributed by atoms with Crippen LogP contribution >= 0.6 is 15.9 Å². The van der Waals surface area contributed by atoms with Gasteiger partial charge >= 0.3 is 0 Å². The highest BCUT2D eigenvalue weighted by atomic mass is 79.9. The Bertz CT molecular complexity index is 1240. The van der Waals surface area contributed by atoms with Gasteiger partial charge in [-0.05, 0) is 47.9 Å². The van der Waals surface area contributed by atoms with Crippen LogP contribution in [0.25, 0.3) is 5.76 Å². The molecule has 0 saturated carbocycles. The zero-order valence-electron chi connectivity index (χ0n) is 18.8. The number of nitrogens with zero attached hydrogens (tertiary/aromatic N) is 1. The Kier molecular flexibility index (Phi) is 7.03. The summed E-state index contributed by atoms with van der Waals surface area (Å²) in [5, 5.41) is 11.3. The van der Waals surface area contributed by atoms with Gasteiger partial charge in [-0.2, -0.15) is 0 Å². The SMILES string of the molecule is COc1ccc(/C(O)=C2\C(=O)C(=O)N(CCc3ccccc3)C2c2ccc(Br)cc2)cc1OC. The van der Waals surface area contributed by atoms with Crippen LogP contribution < -0.4 is 9.47 Å². The van der Waals surface area contributed by atoms with E-state index >= 15 is 0 Å². The quantitative estimate of drug-likeness (QED) is 0.265. The number of hydrogen-bond donors (Lipinski definition) is 1. The largest absolute Gasteiger partial charge is 0.507 e. The second kappa shape index (κ2) is 10.1. The number of carbonyl (C=O) groups is 2. The van der Waals surface area contributed by atoms with E-state index in [1.165, 1.54) is 19.1 Å². The summed E-state index contributed by atoms with van der Waals surface area (Å²) in [4.78, 5) is 27.9. The summed E-state index contributed by atoms with van der Waals surface area (Å²) < 4.78 is 11.5. The van der Waals surface area contributed by atoms with E-state index in [0.29, 0.717) is 30.0 Å². The van der Waals surface area contributed by atoms with Crippen LogP contribution in [0.2, 0.25) is 0 Å². The summed E-state index contributed by atoms with van der Waals surface area (Å²) in [5.41, 5.74) is 2.20. The van der Waals surface area contributed by atoms with E-state index in [1.54, 1.807) is 18.2 Å². The van der Waals surface area contributed by atoms with E-state index in [0.717, 1.165) is 15.6 Å². The zero-order chi connectivity index (χ0) is 24.2. The molecule has 174 valence electrons. The molecule has 1 fully saturated rings. The highest BCUT2D eigenvalue weighted by molar-refractivity contribution is 9.10. The van der Waals surface area contributed by atoms with Crippen molar-refractivity contribution in [3.63, 3.8) is 0 Å². The lowest BCUT2D eigenvalue weighted by Gasteiger charge is -2.25. The minimum absolute atomic E-state index is 0.0487. The van der Waals surface area contributed by atoms with E-state index < -0.39 is 17.7 Å². The third-order valence-electron chi connectivity index (χ3n) is 5.87. The molecule has 1 saturated heterocycles. The summed E-state index contributed by atoms with van der Waals surface area (Å²) in [6.45, 7) is 0.331. The third kappa shape index (κ3) is 4.56. The van der Waals surface area contributed by atoms with E-state index in [1.807, 2.05) is 54.6 Å². The van der Waals surface area contributed by atoms with Crippen LogP contribution in [-0.2, 0) is 16.0 Å². The van der Waals surface area contributed by atoms with Crippen molar-refractivity contribution in [2.75, 3.05) is 20.8 Å². The number of ether oxygens (including phenoxy) is 2. The molecule has 1 atom stereocenters. The highest BCUT2D eigenvalue weighted by Gasteiger charge is 2.45. The lowest BCUT2D eigenvalue weighted by atomic mass is 9.95. The molecule has 1 heterocycles. The second-order valence-electron chi connectivity index (χ2n) is 7.85. The Balaban J connectivity index is 1.80. The van der Waals surface area contributed by atoms with Crippen LogP contribution in [0.1, 0.15) is 22.7 Å². The van der Waals surface area contributed by atoms with E-state index in [-0.39, 0.29) is 11.3 Å². The number of Topliss-reactive ketones (excluding diaryl/α,β-unsaturated/α-hetero) is 1. The van der Waals surface area contributed by atoms with Crippen molar-refractivity contribution < 1.29 is 24.2 Å². The molecule has 4 rings (SSSR count). The molecular weight excluding hydrogens is 498 g/mol. The van der Waals surface area contributed by atoms with Gasteiger partial charge < -0.3 is 19.5 Å². The average molecular weight is 522 g/mol. The first-order chi connectivity index (χ1) is 16.4. The normalized spacial score (nSPS) is 17.1. The molecule has 7 heteroatoms. The van der Waals surface area contributed by atoms with Gasteiger partial charge in [0.05, 0.1) is 25.8 Å². The fraction of sp³-hybridized carbons (Fsp3) is 0.185. The van der Waals surface area contributed by atoms with Gasteiger partial charge in [-0.25, -0.2) is 0 Å². The fourth-order valence-corrected chi connectivity index (χ4v) is 4.40. The Morgan fingerprint density at radius 3 is 2.26 bits per heavy atom. The topological polar surface area (TPSA) is 76.1 Å². The maximum Gasteiger partial charge on any atom is 0.295 e. The number of ketones is 1. The van der Waals surface area contributed by atoms with Gasteiger partial charge in [0.1, 0.15) is 5.76 Å². The molecule has 0 bridgehead atoms. The van der Waals surface area contributed by atoms with Crippen molar-refractivity contribution in [1.82, 2.24) is 4.90 Å². The predicted molar refractivity (Wildman–Crippen MR) is 133 cm³/mol. The molecule has 1 unspecified atom stereocenters. The minimum atomic E-state index is -0.718. The number of likely N-dealkylation sites (tertiary alicyclic amines) is 1. The van der Waals surface area contributed by atoms with Gasteiger partial charge in [0, 0.05) is 16.6 Å². The van der Waals surface area contributed by atoms with Crippen molar-refractivity contribution in [2.24, 2.45) is 0 Å². The van der Waals surface area contributed by atoms with Gasteiger partial charge in [0.15, 0.2) is 11.5 Å². The van der Waals surface area contributed by atoms with Crippen LogP contribution in [0.15, 0.2) is 82.8 Å². The molecule has 1 N–H and O–H groups in total. The molecule has 34 heavy (non-hydrogen) atoms. The molecule has 1 aliphatic rings. The molecule has 1 aliphatic heterocycles. The predicted octanol–water partition coefficient (Wildman–Crippen LogP) is 5.13. The lowest BCUT2D eigenvalue weighted by molar-refractivity contribution is -0.139. The summed E-state index contributed by atoms with van der Waals surface area (Å²) in [6.07, 6.45) is 0.581. The number of aliphatic hydroxyl groups is 1. The van der Waals surface area contributed by atoms with Crippen molar-refractivity contribution in [3.05, 3.63) is 99.5 Å². The number of benzene rings is 3. The smallest absolute Gasteiger partial charge is 0.295 e. The number of amides is 1. The minimum Gasteiger partial charge on any atom is -0.507 e. The number of hydrogen-bond acceptors (Lipinski definition) is 5. The standard InChI is InChI=1S/C27H24BrNO5/c1-33-21-13-10-19(16-22(21)34-2)25(30)23-24(18-8-11-20(28)12-9-18)29(27(32)26(23)31)15-14-17-6-4-3-5-7-17/h3-13,16,24,30H,14-15H2,1-2H3/b25-23+. The maximum absolute atomic E-state index is 13.2. The van der Waals surface area contributed by atoms with Crippen molar-refractivity contribution in [3.8, 4) is 11.5 Å². The molecule has 0 radical (unpaired) electrons. The highest BCUT2D eigenvalue weighted by Crippen LogP contribution is 2.41. The van der Waals surface area contributed by atoms with Crippen molar-refractivity contribution >= 4 is 33.4 Å². The molecule has 3 aromatic rings.